The number of likely N-dealkylation sites (tertiary alicyclic amines) is 1. The van der Waals surface area contributed by atoms with E-state index in [4.69, 9.17) is 21.1 Å². The molecule has 0 spiro atoms. The van der Waals surface area contributed by atoms with Crippen molar-refractivity contribution in [1.82, 2.24) is 24.7 Å². The van der Waals surface area contributed by atoms with E-state index in [1.54, 1.807) is 31.4 Å². The number of piperidine rings is 2. The molecule has 0 unspecified atom stereocenters. The van der Waals surface area contributed by atoms with Gasteiger partial charge in [-0.2, -0.15) is 4.98 Å². The van der Waals surface area contributed by atoms with Crippen molar-refractivity contribution in [2.24, 2.45) is 0 Å². The van der Waals surface area contributed by atoms with E-state index >= 15 is 0 Å². The number of nitrogens with zero attached hydrogens (tertiary/aromatic N) is 6. The van der Waals surface area contributed by atoms with Crippen molar-refractivity contribution in [3.05, 3.63) is 59.8 Å². The molecule has 16 heteroatoms. The van der Waals surface area contributed by atoms with Crippen LogP contribution < -0.4 is 30.9 Å². The number of carbonyl (C=O) groups excluding carboxylic acids is 2. The molecule has 4 heterocycles. The van der Waals surface area contributed by atoms with Gasteiger partial charge >= 0.3 is 6.09 Å². The maximum atomic E-state index is 13.5. The van der Waals surface area contributed by atoms with E-state index in [0.717, 1.165) is 64.3 Å². The predicted molar refractivity (Wildman–Crippen MR) is 235 cm³/mol. The second kappa shape index (κ2) is 19.1. The maximum absolute atomic E-state index is 13.5. The van der Waals surface area contributed by atoms with Gasteiger partial charge in [0, 0.05) is 69.3 Å². The molecular weight excluding hydrogens is 777 g/mol. The molecule has 0 saturated carbocycles. The van der Waals surface area contributed by atoms with Crippen LogP contribution in [0.2, 0.25) is 5.02 Å². The molecule has 3 aromatic rings. The Hall–Kier alpha value is -4.36. The lowest BCUT2D eigenvalue weighted by Crippen LogP contribution is -2.55. The first-order valence-electron chi connectivity index (χ1n) is 20.3. The third-order valence-electron chi connectivity index (χ3n) is 10.7. The van der Waals surface area contributed by atoms with Crippen molar-refractivity contribution in [3.8, 4) is 5.75 Å². The molecule has 3 saturated heterocycles. The number of benzene rings is 2. The van der Waals surface area contributed by atoms with Crippen molar-refractivity contribution in [2.75, 3.05) is 100 Å². The topological polar surface area (TPSA) is 144 Å². The van der Waals surface area contributed by atoms with Crippen LogP contribution in [0.1, 0.15) is 52.9 Å². The number of anilines is 6. The number of piperazine rings is 1. The van der Waals surface area contributed by atoms with Gasteiger partial charge in [0.05, 0.1) is 36.1 Å². The van der Waals surface area contributed by atoms with E-state index in [-0.39, 0.29) is 17.9 Å². The first-order chi connectivity index (χ1) is 27.7. The Kier molecular flexibility index (Phi) is 14.3. The van der Waals surface area contributed by atoms with Gasteiger partial charge in [0.15, 0.2) is 5.82 Å². The summed E-state index contributed by atoms with van der Waals surface area (Å²) in [7, 11) is -0.996. The zero-order chi connectivity index (χ0) is 41.5. The third kappa shape index (κ3) is 11.6. The fraction of sp³-hybridized carbons (Fsp3) is 0.524. The van der Waals surface area contributed by atoms with Gasteiger partial charge in [-0.1, -0.05) is 36.2 Å². The van der Waals surface area contributed by atoms with Gasteiger partial charge in [-0.15, -0.1) is 0 Å². The number of nitrogens with one attached hydrogen (secondary N) is 3. The molecule has 314 valence electrons. The smallest absolute Gasteiger partial charge is 0.410 e. The molecule has 0 atom stereocenters. The van der Waals surface area contributed by atoms with E-state index in [9.17, 15) is 14.2 Å². The number of aromatic nitrogens is 2. The lowest BCUT2D eigenvalue weighted by atomic mass is 10.0. The standard InChI is InChI=1S/C42H59ClN9O5P/c1-42(2,3)57-41(54)52-25-23-50(24-26-52)30-16-21-51(22-17-30)35-28-36(56-4)34(27-33(35)45-38(53)15-12-20-49-18-10-7-11-19-49)47-40-44-29-31(43)39(48-40)46-32-13-8-9-14-37(32)58(5,6)55/h8-9,12-15,27-30H,7,10-11,16-26H2,1-6H3,(H,45,53)(H2,44,46,47,48)/b15-12+. The van der Waals surface area contributed by atoms with Gasteiger partial charge < -0.3 is 39.8 Å². The molecule has 2 amide bonds. The van der Waals surface area contributed by atoms with Crippen LogP contribution in [0.3, 0.4) is 0 Å². The fourth-order valence-corrected chi connectivity index (χ4v) is 9.00. The first kappa shape index (κ1) is 43.2. The minimum absolute atomic E-state index is 0.218. The number of hydrogen-bond acceptors (Lipinski definition) is 12. The average molecular weight is 836 g/mol. The molecule has 6 rings (SSSR count). The monoisotopic (exact) mass is 835 g/mol. The Labute approximate surface area is 348 Å². The molecule has 0 radical (unpaired) electrons. The van der Waals surface area contributed by atoms with Crippen molar-refractivity contribution in [2.45, 2.75) is 64.5 Å². The molecule has 3 aliphatic rings. The molecule has 58 heavy (non-hydrogen) atoms. The van der Waals surface area contributed by atoms with Crippen molar-refractivity contribution < 1.29 is 23.6 Å². The van der Waals surface area contributed by atoms with E-state index < -0.39 is 12.7 Å². The van der Waals surface area contributed by atoms with E-state index in [0.29, 0.717) is 58.1 Å². The number of methoxy groups -OCH3 is 1. The quantitative estimate of drug-likeness (QED) is 0.124. The van der Waals surface area contributed by atoms with Gasteiger partial charge in [-0.05, 0) is 91.1 Å². The van der Waals surface area contributed by atoms with Gasteiger partial charge in [-0.25, -0.2) is 9.78 Å². The normalized spacial score (nSPS) is 17.6. The van der Waals surface area contributed by atoms with Crippen LogP contribution in [0.25, 0.3) is 0 Å². The van der Waals surface area contributed by atoms with Crippen molar-refractivity contribution in [1.29, 1.82) is 0 Å². The van der Waals surface area contributed by atoms with Crippen LogP contribution in [-0.4, -0.2) is 128 Å². The van der Waals surface area contributed by atoms with E-state index in [1.807, 2.05) is 63.2 Å². The molecule has 3 fully saturated rings. The summed E-state index contributed by atoms with van der Waals surface area (Å²) >= 11 is 6.56. The van der Waals surface area contributed by atoms with Crippen molar-refractivity contribution in [3.63, 3.8) is 0 Å². The molecule has 2 aromatic carbocycles. The second-order valence-corrected chi connectivity index (χ2v) is 20.1. The van der Waals surface area contributed by atoms with Gasteiger partial charge in [0.2, 0.25) is 11.9 Å². The Morgan fingerprint density at radius 1 is 0.931 bits per heavy atom. The zero-order valence-electron chi connectivity index (χ0n) is 34.7. The highest BCUT2D eigenvalue weighted by molar-refractivity contribution is 7.70. The minimum atomic E-state index is -2.60. The number of carbonyl (C=O) groups is 2. The summed E-state index contributed by atoms with van der Waals surface area (Å²) in [5, 5.41) is 10.7. The number of ether oxygens (including phenoxy) is 2. The molecule has 14 nitrogen and oxygen atoms in total. The Balaban J connectivity index is 1.20. The summed E-state index contributed by atoms with van der Waals surface area (Å²) in [5.41, 5.74) is 2.16. The molecule has 0 bridgehead atoms. The number of halogens is 1. The van der Waals surface area contributed by atoms with Gasteiger partial charge in [0.25, 0.3) is 0 Å². The fourth-order valence-electron chi connectivity index (χ4n) is 7.70. The Bertz CT molecular complexity index is 1980. The highest BCUT2D eigenvalue weighted by atomic mass is 35.5. The molecule has 3 aliphatic heterocycles. The van der Waals surface area contributed by atoms with Crippen LogP contribution in [0, 0.1) is 0 Å². The van der Waals surface area contributed by atoms with E-state index in [2.05, 4.69) is 40.6 Å². The summed E-state index contributed by atoms with van der Waals surface area (Å²) in [6.07, 6.45) is 10.3. The van der Waals surface area contributed by atoms with Crippen LogP contribution in [0.5, 0.6) is 5.75 Å². The van der Waals surface area contributed by atoms with Gasteiger partial charge in [0.1, 0.15) is 23.5 Å². The van der Waals surface area contributed by atoms with Crippen LogP contribution in [0.4, 0.5) is 39.3 Å². The second-order valence-electron chi connectivity index (χ2n) is 16.6. The first-order valence-corrected chi connectivity index (χ1v) is 23.2. The highest BCUT2D eigenvalue weighted by Crippen LogP contribution is 2.41. The molecule has 1 aromatic heterocycles. The predicted octanol–water partition coefficient (Wildman–Crippen LogP) is 7.38. The summed E-state index contributed by atoms with van der Waals surface area (Å²) < 4.78 is 24.6. The summed E-state index contributed by atoms with van der Waals surface area (Å²) in [6.45, 7) is 16.4. The van der Waals surface area contributed by atoms with Gasteiger partial charge in [-0.3, -0.25) is 14.6 Å². The summed E-state index contributed by atoms with van der Waals surface area (Å²) in [4.78, 5) is 44.2. The molecule has 0 aliphatic carbocycles. The van der Waals surface area contributed by atoms with Crippen LogP contribution >= 0.6 is 18.7 Å². The van der Waals surface area contributed by atoms with Crippen LogP contribution in [0.15, 0.2) is 54.7 Å². The summed E-state index contributed by atoms with van der Waals surface area (Å²) in [5.74, 6) is 0.921. The lowest BCUT2D eigenvalue weighted by Gasteiger charge is -2.43. The molecular formula is C42H59ClN9O5P. The average Bonchev–Trinajstić information content (AvgIpc) is 3.19. The lowest BCUT2D eigenvalue weighted by molar-refractivity contribution is -0.111. The van der Waals surface area contributed by atoms with Crippen molar-refractivity contribution >= 4 is 70.6 Å². The number of hydrogen-bond donors (Lipinski definition) is 3. The summed E-state index contributed by atoms with van der Waals surface area (Å²) in [6, 6.07) is 11.6. The number of para-hydroxylation sites is 1. The zero-order valence-corrected chi connectivity index (χ0v) is 36.4. The largest absolute Gasteiger partial charge is 0.494 e. The number of rotatable bonds is 12. The van der Waals surface area contributed by atoms with E-state index in [1.165, 1.54) is 25.5 Å². The maximum Gasteiger partial charge on any atom is 0.410 e. The highest BCUT2D eigenvalue weighted by Gasteiger charge is 2.32. The minimum Gasteiger partial charge on any atom is -0.494 e. The third-order valence-corrected chi connectivity index (χ3v) is 12.5. The SMILES string of the molecule is COc1cc(N2CCC(N3CCN(C(=O)OC(C)(C)C)CC3)CC2)c(NC(=O)/C=C/CN2CCCCC2)cc1Nc1ncc(Cl)c(Nc2ccccc2P(C)(C)=O)n1. The Morgan fingerprint density at radius 3 is 2.31 bits per heavy atom. The van der Waals surface area contributed by atoms with Crippen LogP contribution in [-0.2, 0) is 14.1 Å². The molecule has 3 N–H and O–H groups in total. The Morgan fingerprint density at radius 2 is 1.64 bits per heavy atom. The number of amides is 2.